The Bertz CT molecular complexity index is 1110. The summed E-state index contributed by atoms with van der Waals surface area (Å²) in [6, 6.07) is -1.01. The lowest BCUT2D eigenvalue weighted by Gasteiger charge is -2.40. The molecule has 1 amide bonds. The number of nitrogens with one attached hydrogen (secondary N) is 1. The Kier molecular flexibility index (Phi) is 35.1. The fraction of sp³-hybridized carbons (Fsp3) is 0.771. The summed E-state index contributed by atoms with van der Waals surface area (Å²) >= 11 is 0. The summed E-state index contributed by atoms with van der Waals surface area (Å²) in [6.45, 7) is 3.52. The van der Waals surface area contributed by atoms with Crippen molar-refractivity contribution >= 4 is 5.91 Å². The molecule has 10 nitrogen and oxygen atoms in total. The van der Waals surface area contributed by atoms with Gasteiger partial charge in [0.2, 0.25) is 5.91 Å². The van der Waals surface area contributed by atoms with E-state index in [0.717, 1.165) is 51.4 Å². The van der Waals surface area contributed by atoms with Crippen LogP contribution in [0.3, 0.4) is 0 Å². The van der Waals surface area contributed by atoms with Gasteiger partial charge in [0, 0.05) is 0 Å². The molecular formula is C48H85NO9. The Balaban J connectivity index is 2.45. The highest BCUT2D eigenvalue weighted by atomic mass is 16.7. The zero-order valence-corrected chi connectivity index (χ0v) is 36.4. The molecule has 0 saturated carbocycles. The molecule has 58 heavy (non-hydrogen) atoms. The first-order valence-corrected chi connectivity index (χ1v) is 23.1. The lowest BCUT2D eigenvalue weighted by molar-refractivity contribution is -0.302. The number of amides is 1. The Morgan fingerprint density at radius 3 is 1.64 bits per heavy atom. The third-order valence-corrected chi connectivity index (χ3v) is 10.7. The summed E-state index contributed by atoms with van der Waals surface area (Å²) in [5.74, 6) is -0.638. The van der Waals surface area contributed by atoms with Crippen LogP contribution in [0.25, 0.3) is 0 Å². The average Bonchev–Trinajstić information content (AvgIpc) is 3.22. The van der Waals surface area contributed by atoms with E-state index in [1.165, 1.54) is 89.9 Å². The third-order valence-electron chi connectivity index (χ3n) is 10.7. The Morgan fingerprint density at radius 2 is 1.07 bits per heavy atom. The number of carbonyl (C=O) groups excluding carboxylic acids is 1. The van der Waals surface area contributed by atoms with E-state index in [0.29, 0.717) is 19.3 Å². The van der Waals surface area contributed by atoms with Crippen LogP contribution >= 0.6 is 0 Å². The fourth-order valence-electron chi connectivity index (χ4n) is 6.83. The van der Waals surface area contributed by atoms with Gasteiger partial charge in [-0.05, 0) is 70.6 Å². The molecule has 1 fully saturated rings. The van der Waals surface area contributed by atoms with Crippen LogP contribution < -0.4 is 5.32 Å². The van der Waals surface area contributed by atoms with Crippen LogP contribution in [-0.2, 0) is 14.3 Å². The first kappa shape index (κ1) is 53.9. The fourth-order valence-corrected chi connectivity index (χ4v) is 6.83. The van der Waals surface area contributed by atoms with Gasteiger partial charge in [-0.1, -0.05) is 164 Å². The number of allylic oxidation sites excluding steroid dienone is 9. The van der Waals surface area contributed by atoms with Crippen molar-refractivity contribution in [2.75, 3.05) is 13.2 Å². The van der Waals surface area contributed by atoms with Gasteiger partial charge < -0.3 is 45.4 Å². The molecule has 7 N–H and O–H groups in total. The average molecular weight is 820 g/mol. The number of rotatable bonds is 37. The van der Waals surface area contributed by atoms with Crippen LogP contribution in [-0.4, -0.2) is 98.7 Å². The lowest BCUT2D eigenvalue weighted by atomic mass is 9.99. The number of aliphatic hydroxyl groups excluding tert-OH is 6. The number of carbonyl (C=O) groups is 1. The summed E-state index contributed by atoms with van der Waals surface area (Å²) in [7, 11) is 0. The van der Waals surface area contributed by atoms with E-state index in [4.69, 9.17) is 9.47 Å². The van der Waals surface area contributed by atoms with Crippen molar-refractivity contribution in [1.29, 1.82) is 0 Å². The molecule has 1 aliphatic heterocycles. The highest BCUT2D eigenvalue weighted by molar-refractivity contribution is 5.80. The van der Waals surface area contributed by atoms with Gasteiger partial charge in [0.05, 0.1) is 25.4 Å². The molecule has 336 valence electrons. The molecule has 0 aromatic carbocycles. The van der Waals surface area contributed by atoms with Crippen LogP contribution in [0, 0.1) is 0 Å². The van der Waals surface area contributed by atoms with Gasteiger partial charge in [0.25, 0.3) is 0 Å². The maximum atomic E-state index is 13.0. The summed E-state index contributed by atoms with van der Waals surface area (Å²) in [6.07, 6.45) is 38.7. The van der Waals surface area contributed by atoms with Gasteiger partial charge in [-0.2, -0.15) is 0 Å². The van der Waals surface area contributed by atoms with E-state index < -0.39 is 61.5 Å². The van der Waals surface area contributed by atoms with Gasteiger partial charge in [-0.15, -0.1) is 0 Å². The second-order valence-electron chi connectivity index (χ2n) is 16.0. The summed E-state index contributed by atoms with van der Waals surface area (Å²) in [5, 5.41) is 64.6. The molecule has 8 atom stereocenters. The molecule has 0 radical (unpaired) electrons. The maximum absolute atomic E-state index is 13.0. The van der Waals surface area contributed by atoms with Crippen molar-refractivity contribution < 1.29 is 44.9 Å². The minimum absolute atomic E-state index is 0.292. The van der Waals surface area contributed by atoms with E-state index in [-0.39, 0.29) is 6.61 Å². The molecule has 0 aliphatic carbocycles. The zero-order chi connectivity index (χ0) is 42.5. The normalized spacial score (nSPS) is 22.0. The predicted molar refractivity (Wildman–Crippen MR) is 236 cm³/mol. The Hall–Kier alpha value is -2.15. The summed E-state index contributed by atoms with van der Waals surface area (Å²) in [4.78, 5) is 13.0. The van der Waals surface area contributed by atoms with Crippen LogP contribution in [0.1, 0.15) is 174 Å². The summed E-state index contributed by atoms with van der Waals surface area (Å²) < 4.78 is 11.1. The minimum atomic E-state index is -1.62. The van der Waals surface area contributed by atoms with Crippen molar-refractivity contribution in [3.05, 3.63) is 60.8 Å². The van der Waals surface area contributed by atoms with E-state index in [1.807, 2.05) is 6.08 Å². The molecule has 1 heterocycles. The Labute approximate surface area is 352 Å². The largest absolute Gasteiger partial charge is 0.394 e. The molecule has 1 aliphatic rings. The van der Waals surface area contributed by atoms with Crippen LogP contribution in [0.2, 0.25) is 0 Å². The second kappa shape index (κ2) is 37.8. The van der Waals surface area contributed by atoms with Crippen LogP contribution in [0.5, 0.6) is 0 Å². The number of hydrogen-bond donors (Lipinski definition) is 7. The van der Waals surface area contributed by atoms with Gasteiger partial charge in [-0.25, -0.2) is 0 Å². The standard InChI is InChI=1S/C48H85NO9/c1-3-5-7-9-11-13-15-17-19-20-21-23-25-27-29-31-33-35-37-42(52)47(56)49-40(39-57-48-46(55)45(54)44(53)43(38-50)58-48)41(51)36-34-32-30-28-26-24-22-18-16-14-12-10-8-6-4-2/h11,13,15-18,26,28,34,36,40-46,48,50-55H,3-10,12,14,19-25,27,29-33,35,37-39H2,1-2H3,(H,49,56)/b13-11-,17-15-,18-16+,28-26+,36-34+. The number of unbranched alkanes of at least 4 members (excludes halogenated alkanes) is 19. The summed E-state index contributed by atoms with van der Waals surface area (Å²) in [5.41, 5.74) is 0. The molecule has 0 aromatic rings. The first-order valence-electron chi connectivity index (χ1n) is 23.1. The van der Waals surface area contributed by atoms with Crippen molar-refractivity contribution in [3.63, 3.8) is 0 Å². The lowest BCUT2D eigenvalue weighted by Crippen LogP contribution is -2.60. The first-order chi connectivity index (χ1) is 28.3. The predicted octanol–water partition coefficient (Wildman–Crippen LogP) is 8.58. The molecular weight excluding hydrogens is 735 g/mol. The van der Waals surface area contributed by atoms with Crippen molar-refractivity contribution in [1.82, 2.24) is 5.32 Å². The smallest absolute Gasteiger partial charge is 0.249 e. The second-order valence-corrected chi connectivity index (χ2v) is 16.0. The number of hydrogen-bond acceptors (Lipinski definition) is 9. The quantitative estimate of drug-likeness (QED) is 0.0184. The van der Waals surface area contributed by atoms with E-state index in [2.05, 4.69) is 67.8 Å². The van der Waals surface area contributed by atoms with Crippen molar-refractivity contribution in [3.8, 4) is 0 Å². The van der Waals surface area contributed by atoms with E-state index >= 15 is 0 Å². The molecule has 10 heteroatoms. The maximum Gasteiger partial charge on any atom is 0.249 e. The third kappa shape index (κ3) is 27.6. The van der Waals surface area contributed by atoms with E-state index in [1.54, 1.807) is 6.08 Å². The zero-order valence-electron chi connectivity index (χ0n) is 36.4. The highest BCUT2D eigenvalue weighted by Crippen LogP contribution is 2.22. The van der Waals surface area contributed by atoms with Crippen LogP contribution in [0.15, 0.2) is 60.8 Å². The number of ether oxygens (including phenoxy) is 2. The van der Waals surface area contributed by atoms with Crippen molar-refractivity contribution in [2.24, 2.45) is 0 Å². The minimum Gasteiger partial charge on any atom is -0.394 e. The van der Waals surface area contributed by atoms with Gasteiger partial charge in [-0.3, -0.25) is 4.79 Å². The molecule has 8 unspecified atom stereocenters. The monoisotopic (exact) mass is 820 g/mol. The Morgan fingerprint density at radius 1 is 0.603 bits per heavy atom. The van der Waals surface area contributed by atoms with Crippen molar-refractivity contribution in [2.45, 2.75) is 223 Å². The van der Waals surface area contributed by atoms with Gasteiger partial charge in [0.15, 0.2) is 6.29 Å². The van der Waals surface area contributed by atoms with Gasteiger partial charge in [0.1, 0.15) is 30.5 Å². The SMILES string of the molecule is CCCCC/C=C\C=C/CCCCCCCCCCCC(O)C(=O)NC(COC1OC(CO)C(O)C(O)C1O)C(O)/C=C/CC/C=C/CC/C=C/CCCCCCC. The molecule has 1 saturated heterocycles. The molecule has 0 spiro atoms. The van der Waals surface area contributed by atoms with Crippen LogP contribution in [0.4, 0.5) is 0 Å². The molecule has 0 aromatic heterocycles. The molecule has 0 bridgehead atoms. The number of aliphatic hydroxyl groups is 6. The van der Waals surface area contributed by atoms with E-state index in [9.17, 15) is 35.4 Å². The topological polar surface area (TPSA) is 169 Å². The highest BCUT2D eigenvalue weighted by Gasteiger charge is 2.44. The van der Waals surface area contributed by atoms with Gasteiger partial charge >= 0.3 is 0 Å². The molecule has 1 rings (SSSR count).